The van der Waals surface area contributed by atoms with E-state index in [1.165, 1.54) is 11.3 Å². The molecule has 0 radical (unpaired) electrons. The van der Waals surface area contributed by atoms with Crippen LogP contribution in [-0.2, 0) is 0 Å². The lowest BCUT2D eigenvalue weighted by molar-refractivity contribution is 0.0939. The number of hydrogen-bond donors (Lipinski definition) is 3. The molecule has 0 saturated carbocycles. The van der Waals surface area contributed by atoms with Crippen LogP contribution in [0.5, 0.6) is 0 Å². The molecule has 6 nitrogen and oxygen atoms in total. The minimum Gasteiger partial charge on any atom is -0.409 e. The summed E-state index contributed by atoms with van der Waals surface area (Å²) in [6.45, 7) is 3.79. The third-order valence-corrected chi connectivity index (χ3v) is 4.03. The third-order valence-electron chi connectivity index (χ3n) is 2.88. The number of hydrogen-bond acceptors (Lipinski definition) is 5. The molecule has 1 heterocycles. The Hall–Kier alpha value is -2.41. The summed E-state index contributed by atoms with van der Waals surface area (Å²) in [5, 5.41) is 17.3. The van der Waals surface area contributed by atoms with Crippen molar-refractivity contribution in [3.8, 4) is 0 Å². The molecule has 1 atom stereocenters. The van der Waals surface area contributed by atoms with Crippen molar-refractivity contribution in [3.05, 3.63) is 51.5 Å². The molecule has 1 aromatic heterocycles. The maximum absolute atomic E-state index is 12.2. The number of carbonyl (C=O) groups excluding carboxylic acids is 1. The molecule has 7 heteroatoms. The Morgan fingerprint density at radius 3 is 2.81 bits per heavy atom. The summed E-state index contributed by atoms with van der Waals surface area (Å²) in [5.74, 6) is -0.267. The van der Waals surface area contributed by atoms with E-state index in [0.29, 0.717) is 11.1 Å². The summed E-state index contributed by atoms with van der Waals surface area (Å²) in [4.78, 5) is 16.6. The molecule has 21 heavy (non-hydrogen) atoms. The molecule has 0 bridgehead atoms. The van der Waals surface area contributed by atoms with Crippen molar-refractivity contribution in [2.75, 3.05) is 0 Å². The Bertz CT molecular complexity index is 681. The van der Waals surface area contributed by atoms with E-state index in [0.717, 1.165) is 10.7 Å². The average Bonchev–Trinajstić information content (AvgIpc) is 2.93. The van der Waals surface area contributed by atoms with Gasteiger partial charge in [0.05, 0.1) is 6.04 Å². The van der Waals surface area contributed by atoms with E-state index in [1.807, 2.05) is 19.2 Å². The molecule has 1 amide bonds. The minimum absolute atomic E-state index is 0.0340. The van der Waals surface area contributed by atoms with Crippen molar-refractivity contribution < 1.29 is 10.0 Å². The fourth-order valence-corrected chi connectivity index (χ4v) is 2.59. The van der Waals surface area contributed by atoms with Crippen LogP contribution in [0.4, 0.5) is 0 Å². The van der Waals surface area contributed by atoms with Crippen LogP contribution in [0.15, 0.2) is 34.8 Å². The van der Waals surface area contributed by atoms with Gasteiger partial charge in [-0.2, -0.15) is 0 Å². The molecule has 2 aromatic rings. The first kappa shape index (κ1) is 15.0. The van der Waals surface area contributed by atoms with Crippen LogP contribution < -0.4 is 11.1 Å². The Morgan fingerprint density at radius 1 is 1.48 bits per heavy atom. The lowest BCUT2D eigenvalue weighted by Gasteiger charge is -2.11. The topological polar surface area (TPSA) is 101 Å². The van der Waals surface area contributed by atoms with Gasteiger partial charge in [-0.1, -0.05) is 17.3 Å². The third kappa shape index (κ3) is 3.57. The van der Waals surface area contributed by atoms with E-state index in [4.69, 9.17) is 10.9 Å². The van der Waals surface area contributed by atoms with Crippen LogP contribution >= 0.6 is 11.3 Å². The molecule has 0 aliphatic heterocycles. The standard InChI is InChI=1S/C14H16N4O2S/c1-8-7-21-14(16-8)9(2)17-13(19)11-5-3-4-10(6-11)12(15)18-20/h3-7,9,20H,1-2H3,(H2,15,18)(H,17,19). The summed E-state index contributed by atoms with van der Waals surface area (Å²) in [5.41, 5.74) is 7.39. The lowest BCUT2D eigenvalue weighted by Crippen LogP contribution is -2.27. The van der Waals surface area contributed by atoms with E-state index in [9.17, 15) is 4.79 Å². The second-order valence-electron chi connectivity index (χ2n) is 4.59. The number of amidine groups is 1. The SMILES string of the molecule is Cc1csc(C(C)NC(=O)c2cccc(C(N)=NO)c2)n1. The summed E-state index contributed by atoms with van der Waals surface area (Å²) >= 11 is 1.51. The second-order valence-corrected chi connectivity index (χ2v) is 5.48. The van der Waals surface area contributed by atoms with E-state index in [-0.39, 0.29) is 17.8 Å². The zero-order valence-electron chi connectivity index (χ0n) is 11.7. The van der Waals surface area contributed by atoms with Crippen LogP contribution in [0.1, 0.15) is 39.6 Å². The first-order valence-electron chi connectivity index (χ1n) is 6.32. The fourth-order valence-electron chi connectivity index (χ4n) is 1.79. The number of thiazole rings is 1. The van der Waals surface area contributed by atoms with Crippen molar-refractivity contribution >= 4 is 23.1 Å². The lowest BCUT2D eigenvalue weighted by atomic mass is 10.1. The minimum atomic E-state index is -0.233. The number of nitrogens with two attached hydrogens (primary N) is 1. The zero-order chi connectivity index (χ0) is 15.4. The van der Waals surface area contributed by atoms with Crippen LogP contribution in [0, 0.1) is 6.92 Å². The maximum atomic E-state index is 12.2. The molecule has 0 fully saturated rings. The van der Waals surface area contributed by atoms with Crippen molar-refractivity contribution in [2.45, 2.75) is 19.9 Å². The molecular weight excluding hydrogens is 288 g/mol. The summed E-state index contributed by atoms with van der Waals surface area (Å²) in [7, 11) is 0. The van der Waals surface area contributed by atoms with Crippen LogP contribution in [0.3, 0.4) is 0 Å². The summed E-state index contributed by atoms with van der Waals surface area (Å²) in [6.07, 6.45) is 0. The summed E-state index contributed by atoms with van der Waals surface area (Å²) < 4.78 is 0. The van der Waals surface area contributed by atoms with Crippen molar-refractivity contribution in [2.24, 2.45) is 10.9 Å². The van der Waals surface area contributed by atoms with Gasteiger partial charge in [-0.15, -0.1) is 11.3 Å². The van der Waals surface area contributed by atoms with Gasteiger partial charge >= 0.3 is 0 Å². The summed E-state index contributed by atoms with van der Waals surface area (Å²) in [6, 6.07) is 6.41. The Labute approximate surface area is 126 Å². The first-order chi connectivity index (χ1) is 10.0. The number of carbonyl (C=O) groups is 1. The highest BCUT2D eigenvalue weighted by Gasteiger charge is 2.14. The van der Waals surface area contributed by atoms with Crippen LogP contribution in [-0.4, -0.2) is 21.9 Å². The van der Waals surface area contributed by atoms with Gasteiger partial charge in [0.15, 0.2) is 5.84 Å². The van der Waals surface area contributed by atoms with Crippen LogP contribution in [0.25, 0.3) is 0 Å². The number of rotatable bonds is 4. The highest BCUT2D eigenvalue weighted by Crippen LogP contribution is 2.18. The number of benzene rings is 1. The normalized spacial score (nSPS) is 13.0. The van der Waals surface area contributed by atoms with E-state index >= 15 is 0 Å². The van der Waals surface area contributed by atoms with E-state index in [1.54, 1.807) is 24.3 Å². The number of oxime groups is 1. The number of aromatic nitrogens is 1. The monoisotopic (exact) mass is 304 g/mol. The molecule has 110 valence electrons. The van der Waals surface area contributed by atoms with E-state index < -0.39 is 0 Å². The molecule has 2 rings (SSSR count). The molecule has 4 N–H and O–H groups in total. The first-order valence-corrected chi connectivity index (χ1v) is 7.20. The maximum Gasteiger partial charge on any atom is 0.251 e. The highest BCUT2D eigenvalue weighted by molar-refractivity contribution is 7.09. The average molecular weight is 304 g/mol. The number of amides is 1. The van der Waals surface area contributed by atoms with Crippen molar-refractivity contribution in [3.63, 3.8) is 0 Å². The van der Waals surface area contributed by atoms with Gasteiger partial charge in [0.1, 0.15) is 5.01 Å². The number of nitrogens with one attached hydrogen (secondary N) is 1. The smallest absolute Gasteiger partial charge is 0.251 e. The van der Waals surface area contributed by atoms with Crippen molar-refractivity contribution in [1.82, 2.24) is 10.3 Å². The quantitative estimate of drug-likeness (QED) is 0.348. The highest BCUT2D eigenvalue weighted by atomic mass is 32.1. The van der Waals surface area contributed by atoms with Gasteiger partial charge in [0, 0.05) is 22.2 Å². The van der Waals surface area contributed by atoms with Gasteiger partial charge in [-0.25, -0.2) is 4.98 Å². The van der Waals surface area contributed by atoms with Crippen LogP contribution in [0.2, 0.25) is 0 Å². The molecule has 0 spiro atoms. The molecule has 1 unspecified atom stereocenters. The molecule has 0 aliphatic carbocycles. The second kappa shape index (κ2) is 6.36. The largest absolute Gasteiger partial charge is 0.409 e. The van der Waals surface area contributed by atoms with E-state index in [2.05, 4.69) is 15.5 Å². The van der Waals surface area contributed by atoms with Gasteiger partial charge in [-0.3, -0.25) is 4.79 Å². The van der Waals surface area contributed by atoms with Gasteiger partial charge in [0.25, 0.3) is 5.91 Å². The van der Waals surface area contributed by atoms with Gasteiger partial charge in [0.2, 0.25) is 0 Å². The molecule has 0 saturated heterocycles. The van der Waals surface area contributed by atoms with Gasteiger partial charge in [-0.05, 0) is 26.0 Å². The molecular formula is C14H16N4O2S. The van der Waals surface area contributed by atoms with Gasteiger partial charge < -0.3 is 16.3 Å². The number of aryl methyl sites for hydroxylation is 1. The Balaban J connectivity index is 2.13. The Kier molecular flexibility index (Phi) is 4.54. The number of nitrogens with zero attached hydrogens (tertiary/aromatic N) is 2. The Morgan fingerprint density at radius 2 is 2.19 bits per heavy atom. The fraction of sp³-hybridized carbons (Fsp3) is 0.214. The predicted molar refractivity (Wildman–Crippen MR) is 81.7 cm³/mol. The molecule has 1 aromatic carbocycles. The zero-order valence-corrected chi connectivity index (χ0v) is 12.5. The molecule has 0 aliphatic rings. The van der Waals surface area contributed by atoms with Crippen molar-refractivity contribution in [1.29, 1.82) is 0 Å². The predicted octanol–water partition coefficient (Wildman–Crippen LogP) is 2.04.